The van der Waals surface area contributed by atoms with Crippen molar-refractivity contribution in [3.05, 3.63) is 29.8 Å². The summed E-state index contributed by atoms with van der Waals surface area (Å²) in [5, 5.41) is 13.9. The summed E-state index contributed by atoms with van der Waals surface area (Å²) < 4.78 is 0. The Balaban J connectivity index is 2.57. The van der Waals surface area contributed by atoms with Gasteiger partial charge in [0.15, 0.2) is 5.78 Å². The number of hydrogen-bond acceptors (Lipinski definition) is 3. The highest BCUT2D eigenvalue weighted by atomic mass is 16.3. The topological polar surface area (TPSA) is 78.4 Å². The molecule has 2 amide bonds. The molecule has 92 valence electrons. The second-order valence-electron chi connectivity index (χ2n) is 3.82. The van der Waals surface area contributed by atoms with Crippen molar-refractivity contribution < 1.29 is 14.7 Å². The number of ketones is 1. The molecular formula is C12H16N2O3. The molecule has 0 bridgehead atoms. The molecule has 0 aliphatic rings. The molecule has 0 aromatic heterocycles. The van der Waals surface area contributed by atoms with Crippen LogP contribution in [0, 0.1) is 0 Å². The van der Waals surface area contributed by atoms with Gasteiger partial charge in [-0.15, -0.1) is 0 Å². The van der Waals surface area contributed by atoms with Crippen molar-refractivity contribution in [2.75, 3.05) is 11.9 Å². The van der Waals surface area contributed by atoms with Crippen molar-refractivity contribution in [3.8, 4) is 0 Å². The van der Waals surface area contributed by atoms with Gasteiger partial charge in [-0.1, -0.05) is 0 Å². The molecule has 0 aliphatic carbocycles. The van der Waals surface area contributed by atoms with Crippen LogP contribution in [0.1, 0.15) is 24.2 Å². The molecule has 1 aromatic carbocycles. The van der Waals surface area contributed by atoms with Crippen LogP contribution in [0.5, 0.6) is 0 Å². The molecule has 5 nitrogen and oxygen atoms in total. The van der Waals surface area contributed by atoms with Gasteiger partial charge in [0, 0.05) is 11.3 Å². The van der Waals surface area contributed by atoms with Gasteiger partial charge in [-0.3, -0.25) is 4.79 Å². The lowest BCUT2D eigenvalue weighted by atomic mass is 10.1. The van der Waals surface area contributed by atoms with E-state index in [1.165, 1.54) is 6.92 Å². The molecule has 17 heavy (non-hydrogen) atoms. The van der Waals surface area contributed by atoms with E-state index in [4.69, 9.17) is 5.11 Å². The smallest absolute Gasteiger partial charge is 0.319 e. The molecule has 0 saturated carbocycles. The number of amides is 2. The largest absolute Gasteiger partial charge is 0.394 e. The molecule has 1 atom stereocenters. The van der Waals surface area contributed by atoms with Gasteiger partial charge in [0.2, 0.25) is 0 Å². The van der Waals surface area contributed by atoms with Crippen molar-refractivity contribution in [1.29, 1.82) is 0 Å². The van der Waals surface area contributed by atoms with Crippen LogP contribution < -0.4 is 10.6 Å². The summed E-state index contributed by atoms with van der Waals surface area (Å²) in [6, 6.07) is 5.91. The average molecular weight is 236 g/mol. The highest BCUT2D eigenvalue weighted by Crippen LogP contribution is 2.09. The van der Waals surface area contributed by atoms with Gasteiger partial charge >= 0.3 is 6.03 Å². The first kappa shape index (κ1) is 13.2. The number of hydrogen-bond donors (Lipinski definition) is 3. The van der Waals surface area contributed by atoms with E-state index in [-0.39, 0.29) is 24.5 Å². The number of carbonyl (C=O) groups is 2. The third-order valence-electron chi connectivity index (χ3n) is 2.20. The molecule has 1 rings (SSSR count). The summed E-state index contributed by atoms with van der Waals surface area (Å²) in [4.78, 5) is 22.4. The van der Waals surface area contributed by atoms with Crippen LogP contribution in [-0.2, 0) is 0 Å². The quantitative estimate of drug-likeness (QED) is 0.691. The minimum absolute atomic E-state index is 0.0186. The SMILES string of the molecule is CC(=O)c1ccc(NC(=O)NC(C)CO)cc1. The summed E-state index contributed by atoms with van der Waals surface area (Å²) in [6.45, 7) is 3.06. The lowest BCUT2D eigenvalue weighted by Crippen LogP contribution is -2.38. The zero-order valence-corrected chi connectivity index (χ0v) is 9.86. The fourth-order valence-corrected chi connectivity index (χ4v) is 1.22. The van der Waals surface area contributed by atoms with Gasteiger partial charge in [-0.25, -0.2) is 4.79 Å². The molecule has 3 N–H and O–H groups in total. The molecule has 1 unspecified atom stereocenters. The molecule has 0 aliphatic heterocycles. The van der Waals surface area contributed by atoms with Crippen LogP contribution in [0.15, 0.2) is 24.3 Å². The second kappa shape index (κ2) is 6.00. The Bertz CT molecular complexity index is 401. The van der Waals surface area contributed by atoms with Crippen LogP contribution in [0.25, 0.3) is 0 Å². The first-order chi connectivity index (χ1) is 8.02. The lowest BCUT2D eigenvalue weighted by molar-refractivity contribution is 0.101. The molecule has 0 heterocycles. The summed E-state index contributed by atoms with van der Waals surface area (Å²) in [5.74, 6) is -0.0186. The maximum absolute atomic E-state index is 11.4. The third-order valence-corrected chi connectivity index (χ3v) is 2.20. The maximum atomic E-state index is 11.4. The van der Waals surface area contributed by atoms with Crippen LogP contribution in [-0.4, -0.2) is 29.6 Å². The number of anilines is 1. The first-order valence-corrected chi connectivity index (χ1v) is 5.32. The molecule has 0 spiro atoms. The lowest BCUT2D eigenvalue weighted by Gasteiger charge is -2.12. The summed E-state index contributed by atoms with van der Waals surface area (Å²) in [6.07, 6.45) is 0. The van der Waals surface area contributed by atoms with Crippen LogP contribution in [0.2, 0.25) is 0 Å². The average Bonchev–Trinajstić information content (AvgIpc) is 2.29. The van der Waals surface area contributed by atoms with Crippen molar-refractivity contribution in [2.24, 2.45) is 0 Å². The minimum atomic E-state index is -0.387. The number of rotatable bonds is 4. The van der Waals surface area contributed by atoms with Crippen LogP contribution in [0.4, 0.5) is 10.5 Å². The van der Waals surface area contributed by atoms with E-state index < -0.39 is 0 Å². The van der Waals surface area contributed by atoms with E-state index in [0.717, 1.165) is 0 Å². The van der Waals surface area contributed by atoms with E-state index in [0.29, 0.717) is 11.3 Å². The zero-order chi connectivity index (χ0) is 12.8. The van der Waals surface area contributed by atoms with Gasteiger partial charge < -0.3 is 15.7 Å². The number of aliphatic hydroxyl groups is 1. The normalized spacial score (nSPS) is 11.7. The molecule has 5 heteroatoms. The molecule has 1 aromatic rings. The predicted octanol–water partition coefficient (Wildman–Crippen LogP) is 1.39. The Labute approximate surface area is 99.8 Å². The Kier molecular flexibility index (Phi) is 4.66. The molecule has 0 fully saturated rings. The zero-order valence-electron chi connectivity index (χ0n) is 9.86. The summed E-state index contributed by atoms with van der Waals surface area (Å²) in [7, 11) is 0. The Morgan fingerprint density at radius 1 is 1.29 bits per heavy atom. The molecule has 0 radical (unpaired) electrons. The number of benzene rings is 1. The van der Waals surface area contributed by atoms with Gasteiger partial charge in [0.25, 0.3) is 0 Å². The second-order valence-corrected chi connectivity index (χ2v) is 3.82. The van der Waals surface area contributed by atoms with Gasteiger partial charge in [0.1, 0.15) is 0 Å². The Hall–Kier alpha value is -1.88. The van der Waals surface area contributed by atoms with Crippen molar-refractivity contribution in [2.45, 2.75) is 19.9 Å². The van der Waals surface area contributed by atoms with E-state index in [1.54, 1.807) is 31.2 Å². The van der Waals surface area contributed by atoms with Gasteiger partial charge in [-0.2, -0.15) is 0 Å². The monoisotopic (exact) mass is 236 g/mol. The van der Waals surface area contributed by atoms with E-state index in [1.807, 2.05) is 0 Å². The summed E-state index contributed by atoms with van der Waals surface area (Å²) >= 11 is 0. The van der Waals surface area contributed by atoms with Crippen molar-refractivity contribution in [1.82, 2.24) is 5.32 Å². The highest BCUT2D eigenvalue weighted by Gasteiger charge is 2.06. The van der Waals surface area contributed by atoms with Gasteiger partial charge in [0.05, 0.1) is 12.6 Å². The number of urea groups is 1. The molecular weight excluding hydrogens is 220 g/mol. The fourth-order valence-electron chi connectivity index (χ4n) is 1.22. The predicted molar refractivity (Wildman–Crippen MR) is 65.1 cm³/mol. The van der Waals surface area contributed by atoms with E-state index in [9.17, 15) is 9.59 Å². The van der Waals surface area contributed by atoms with Crippen LogP contribution in [0.3, 0.4) is 0 Å². The Morgan fingerprint density at radius 3 is 2.35 bits per heavy atom. The third kappa shape index (κ3) is 4.24. The maximum Gasteiger partial charge on any atom is 0.319 e. The molecule has 0 saturated heterocycles. The first-order valence-electron chi connectivity index (χ1n) is 5.32. The van der Waals surface area contributed by atoms with Crippen molar-refractivity contribution in [3.63, 3.8) is 0 Å². The standard InChI is InChI=1S/C12H16N2O3/c1-8(7-15)13-12(17)14-11-5-3-10(4-6-11)9(2)16/h3-6,8,15H,7H2,1-2H3,(H2,13,14,17). The summed E-state index contributed by atoms with van der Waals surface area (Å²) in [5.41, 5.74) is 1.19. The number of nitrogens with one attached hydrogen (secondary N) is 2. The van der Waals surface area contributed by atoms with E-state index >= 15 is 0 Å². The minimum Gasteiger partial charge on any atom is -0.394 e. The number of carbonyl (C=O) groups excluding carboxylic acids is 2. The van der Waals surface area contributed by atoms with Crippen LogP contribution >= 0.6 is 0 Å². The number of aliphatic hydroxyl groups excluding tert-OH is 1. The number of Topliss-reactive ketones (excluding diaryl/α,β-unsaturated/α-hetero) is 1. The highest BCUT2D eigenvalue weighted by molar-refractivity contribution is 5.95. The fraction of sp³-hybridized carbons (Fsp3) is 0.333. The van der Waals surface area contributed by atoms with Gasteiger partial charge in [-0.05, 0) is 38.1 Å². The van der Waals surface area contributed by atoms with E-state index in [2.05, 4.69) is 10.6 Å². The van der Waals surface area contributed by atoms with Crippen molar-refractivity contribution >= 4 is 17.5 Å². The Morgan fingerprint density at radius 2 is 1.88 bits per heavy atom.